The fraction of sp³-hybridized carbons (Fsp3) is 0.917. The Bertz CT molecular complexity index is 185. The maximum Gasteiger partial charge on any atom is 0.191 e. The van der Waals surface area contributed by atoms with E-state index in [1.807, 2.05) is 0 Å². The van der Waals surface area contributed by atoms with E-state index < -0.39 is 0 Å². The highest BCUT2D eigenvalue weighted by Gasteiger charge is 2.08. The van der Waals surface area contributed by atoms with Crippen LogP contribution in [-0.4, -0.2) is 25.1 Å². The van der Waals surface area contributed by atoms with Crippen molar-refractivity contribution in [3.05, 3.63) is 0 Å². The molecule has 0 bridgehead atoms. The molecule has 1 atom stereocenters. The third-order valence-corrected chi connectivity index (χ3v) is 2.32. The minimum absolute atomic E-state index is 0.454. The topological polar surface area (TPSA) is 36.4 Å². The molecule has 0 aromatic rings. The van der Waals surface area contributed by atoms with Gasteiger partial charge in [0.1, 0.15) is 0 Å². The van der Waals surface area contributed by atoms with Gasteiger partial charge in [0.05, 0.1) is 0 Å². The zero-order valence-electron chi connectivity index (χ0n) is 11.1. The van der Waals surface area contributed by atoms with Gasteiger partial charge in [-0.05, 0) is 25.7 Å². The van der Waals surface area contributed by atoms with Crippen LogP contribution in [0.3, 0.4) is 0 Å². The molecule has 0 rings (SSSR count). The van der Waals surface area contributed by atoms with E-state index in [0.717, 1.165) is 19.0 Å². The fourth-order valence-electron chi connectivity index (χ4n) is 0.976. The van der Waals surface area contributed by atoms with Crippen LogP contribution in [0.25, 0.3) is 0 Å². The summed E-state index contributed by atoms with van der Waals surface area (Å²) in [7, 11) is 0. The second-order valence-corrected chi connectivity index (χ2v) is 4.79. The molecule has 0 saturated heterocycles. The lowest BCUT2D eigenvalue weighted by atomic mass is 10.1. The number of rotatable bonds is 5. The first-order chi connectivity index (χ1) is 6.97. The van der Waals surface area contributed by atoms with E-state index in [9.17, 15) is 0 Å². The Hall–Kier alpha value is -0.730. The summed E-state index contributed by atoms with van der Waals surface area (Å²) in [6.07, 6.45) is 0. The van der Waals surface area contributed by atoms with Crippen LogP contribution >= 0.6 is 0 Å². The van der Waals surface area contributed by atoms with Crippen molar-refractivity contribution in [3.8, 4) is 0 Å². The van der Waals surface area contributed by atoms with Crippen LogP contribution < -0.4 is 10.6 Å². The van der Waals surface area contributed by atoms with E-state index in [4.69, 9.17) is 0 Å². The molecule has 90 valence electrons. The molecule has 1 unspecified atom stereocenters. The average molecular weight is 213 g/mol. The zero-order chi connectivity index (χ0) is 11.8. The molecule has 0 aromatic carbocycles. The van der Waals surface area contributed by atoms with Crippen LogP contribution in [0.2, 0.25) is 0 Å². The van der Waals surface area contributed by atoms with Crippen LogP contribution in [0.15, 0.2) is 4.99 Å². The molecule has 0 heterocycles. The molecule has 0 fully saturated rings. The summed E-state index contributed by atoms with van der Waals surface area (Å²) in [5.41, 5.74) is 0. The number of guanidine groups is 1. The molecule has 0 spiro atoms. The quantitative estimate of drug-likeness (QED) is 0.543. The number of hydrogen-bond donors (Lipinski definition) is 2. The highest BCUT2D eigenvalue weighted by atomic mass is 15.2. The molecule has 0 aliphatic rings. The van der Waals surface area contributed by atoms with Crippen molar-refractivity contribution in [2.45, 2.75) is 47.6 Å². The van der Waals surface area contributed by atoms with Crippen LogP contribution in [0.5, 0.6) is 0 Å². The first-order valence-electron chi connectivity index (χ1n) is 6.02. The molecule has 0 amide bonds. The minimum Gasteiger partial charge on any atom is -0.357 e. The lowest BCUT2D eigenvalue weighted by molar-refractivity contribution is 0.480. The van der Waals surface area contributed by atoms with E-state index in [2.05, 4.69) is 57.2 Å². The Kier molecular flexibility index (Phi) is 7.18. The van der Waals surface area contributed by atoms with Gasteiger partial charge in [0.25, 0.3) is 0 Å². The first-order valence-corrected chi connectivity index (χ1v) is 6.02. The van der Waals surface area contributed by atoms with Crippen LogP contribution in [-0.2, 0) is 0 Å². The molecule has 0 aliphatic heterocycles. The summed E-state index contributed by atoms with van der Waals surface area (Å²) < 4.78 is 0. The van der Waals surface area contributed by atoms with Gasteiger partial charge in [-0.25, -0.2) is 0 Å². The van der Waals surface area contributed by atoms with Gasteiger partial charge >= 0.3 is 0 Å². The van der Waals surface area contributed by atoms with Gasteiger partial charge in [-0.1, -0.05) is 27.7 Å². The Morgan fingerprint density at radius 3 is 2.13 bits per heavy atom. The lowest BCUT2D eigenvalue weighted by Gasteiger charge is -2.20. The van der Waals surface area contributed by atoms with E-state index in [1.54, 1.807) is 0 Å². The normalized spacial score (nSPS) is 14.5. The summed E-state index contributed by atoms with van der Waals surface area (Å²) in [4.78, 5) is 4.53. The van der Waals surface area contributed by atoms with E-state index in [-0.39, 0.29) is 0 Å². The zero-order valence-corrected chi connectivity index (χ0v) is 11.1. The molecule has 3 nitrogen and oxygen atoms in total. The van der Waals surface area contributed by atoms with Crippen LogP contribution in [0, 0.1) is 11.8 Å². The van der Waals surface area contributed by atoms with E-state index >= 15 is 0 Å². The summed E-state index contributed by atoms with van der Waals surface area (Å²) in [6, 6.07) is 0.454. The largest absolute Gasteiger partial charge is 0.357 e. The van der Waals surface area contributed by atoms with Gasteiger partial charge < -0.3 is 10.6 Å². The van der Waals surface area contributed by atoms with Crippen LogP contribution in [0.4, 0.5) is 0 Å². The first kappa shape index (κ1) is 14.3. The Morgan fingerprint density at radius 1 is 1.13 bits per heavy atom. The number of aliphatic imine (C=N–C) groups is 1. The highest BCUT2D eigenvalue weighted by Crippen LogP contribution is 1.99. The molecular formula is C12H27N3. The van der Waals surface area contributed by atoms with Gasteiger partial charge in [-0.15, -0.1) is 0 Å². The number of nitrogens with one attached hydrogen (secondary N) is 2. The maximum absolute atomic E-state index is 4.53. The third kappa shape index (κ3) is 7.23. The van der Waals surface area contributed by atoms with Crippen molar-refractivity contribution in [1.82, 2.24) is 10.6 Å². The van der Waals surface area contributed by atoms with Crippen molar-refractivity contribution in [2.24, 2.45) is 16.8 Å². The summed E-state index contributed by atoms with van der Waals surface area (Å²) in [5, 5.41) is 6.67. The molecular weight excluding hydrogens is 186 g/mol. The molecule has 0 radical (unpaired) electrons. The van der Waals surface area contributed by atoms with Gasteiger partial charge in [0.15, 0.2) is 5.96 Å². The van der Waals surface area contributed by atoms with Crippen molar-refractivity contribution >= 4 is 5.96 Å². The van der Waals surface area contributed by atoms with Crippen molar-refractivity contribution in [2.75, 3.05) is 13.1 Å². The molecule has 2 N–H and O–H groups in total. The SMILES string of the molecule is CCNC(=NCC(C)C)NC(C)C(C)C. The Morgan fingerprint density at radius 2 is 1.73 bits per heavy atom. The lowest BCUT2D eigenvalue weighted by Crippen LogP contribution is -2.44. The van der Waals surface area contributed by atoms with E-state index in [1.165, 1.54) is 0 Å². The van der Waals surface area contributed by atoms with Crippen molar-refractivity contribution in [3.63, 3.8) is 0 Å². The van der Waals surface area contributed by atoms with Gasteiger partial charge in [-0.2, -0.15) is 0 Å². The van der Waals surface area contributed by atoms with Crippen LogP contribution in [0.1, 0.15) is 41.5 Å². The second-order valence-electron chi connectivity index (χ2n) is 4.79. The minimum atomic E-state index is 0.454. The Labute approximate surface area is 94.7 Å². The van der Waals surface area contributed by atoms with Gasteiger partial charge in [0, 0.05) is 19.1 Å². The fourth-order valence-corrected chi connectivity index (χ4v) is 0.976. The molecule has 15 heavy (non-hydrogen) atoms. The molecule has 0 aliphatic carbocycles. The summed E-state index contributed by atoms with van der Waals surface area (Å²) in [5.74, 6) is 2.16. The molecule has 3 heteroatoms. The monoisotopic (exact) mass is 213 g/mol. The summed E-state index contributed by atoms with van der Waals surface area (Å²) in [6.45, 7) is 14.8. The smallest absolute Gasteiger partial charge is 0.191 e. The van der Waals surface area contributed by atoms with Crippen molar-refractivity contribution < 1.29 is 0 Å². The predicted octanol–water partition coefficient (Wildman–Crippen LogP) is 2.24. The second kappa shape index (κ2) is 7.55. The van der Waals surface area contributed by atoms with Gasteiger partial charge in [0.2, 0.25) is 0 Å². The summed E-state index contributed by atoms with van der Waals surface area (Å²) >= 11 is 0. The molecule has 0 aromatic heterocycles. The highest BCUT2D eigenvalue weighted by molar-refractivity contribution is 5.80. The number of nitrogens with zero attached hydrogens (tertiary/aromatic N) is 1. The third-order valence-electron chi connectivity index (χ3n) is 2.32. The molecule has 0 saturated carbocycles. The predicted molar refractivity (Wildman–Crippen MR) is 68.3 cm³/mol. The standard InChI is InChI=1S/C12H27N3/c1-7-13-12(14-8-9(2)3)15-11(6)10(4)5/h9-11H,7-8H2,1-6H3,(H2,13,14,15). The van der Waals surface area contributed by atoms with Gasteiger partial charge in [-0.3, -0.25) is 4.99 Å². The Balaban J connectivity index is 4.20. The number of hydrogen-bond acceptors (Lipinski definition) is 1. The van der Waals surface area contributed by atoms with Crippen molar-refractivity contribution in [1.29, 1.82) is 0 Å². The average Bonchev–Trinajstić information content (AvgIpc) is 2.14. The maximum atomic E-state index is 4.53. The van der Waals surface area contributed by atoms with E-state index in [0.29, 0.717) is 17.9 Å².